The molecule has 2 amide bonds. The maximum absolute atomic E-state index is 13.9. The van der Waals surface area contributed by atoms with Gasteiger partial charge in [-0.25, -0.2) is 8.78 Å². The van der Waals surface area contributed by atoms with E-state index in [-0.39, 0.29) is 30.1 Å². The van der Waals surface area contributed by atoms with Crippen LogP contribution in [0.4, 0.5) is 8.78 Å². The first-order valence-corrected chi connectivity index (χ1v) is 15.1. The molecule has 0 spiro atoms. The van der Waals surface area contributed by atoms with E-state index in [1.165, 1.54) is 6.07 Å². The number of amides is 2. The molecule has 0 fully saturated rings. The summed E-state index contributed by atoms with van der Waals surface area (Å²) in [6, 6.07) is 10.6. The summed E-state index contributed by atoms with van der Waals surface area (Å²) in [6.45, 7) is 7.06. The maximum Gasteiger partial charge on any atom is 0.253 e. The van der Waals surface area contributed by atoms with Gasteiger partial charge in [0.1, 0.15) is 23.8 Å². The van der Waals surface area contributed by atoms with Gasteiger partial charge in [0.15, 0.2) is 0 Å². The minimum Gasteiger partial charge on any atom is -0.388 e. The SMILES string of the molecule is CCCN(CCC)C(=O)c1cc(C)cc(C(=O)N[C@@H](Cc2cc(F)cc(F)c2)[C@@H](O)[C@@H](O)COCCc2cccs2)c1. The highest BCUT2D eigenvalue weighted by Gasteiger charge is 2.29. The van der Waals surface area contributed by atoms with Crippen molar-refractivity contribution in [1.29, 1.82) is 0 Å². The van der Waals surface area contributed by atoms with Crippen LogP contribution in [0.25, 0.3) is 0 Å². The lowest BCUT2D eigenvalue weighted by Crippen LogP contribution is -2.51. The molecule has 0 unspecified atom stereocenters. The molecule has 3 atom stereocenters. The first-order chi connectivity index (χ1) is 20.1. The summed E-state index contributed by atoms with van der Waals surface area (Å²) in [5.74, 6) is -2.38. The van der Waals surface area contributed by atoms with Crippen LogP contribution in [0.2, 0.25) is 0 Å². The summed E-state index contributed by atoms with van der Waals surface area (Å²) in [5.41, 5.74) is 1.45. The molecule has 0 saturated heterocycles. The third-order valence-corrected chi connectivity index (χ3v) is 7.66. The molecule has 0 radical (unpaired) electrons. The normalized spacial score (nSPS) is 13.4. The van der Waals surface area contributed by atoms with Gasteiger partial charge in [0.05, 0.1) is 19.3 Å². The number of hydrogen-bond acceptors (Lipinski definition) is 6. The summed E-state index contributed by atoms with van der Waals surface area (Å²) in [5, 5.41) is 26.4. The average Bonchev–Trinajstić information content (AvgIpc) is 3.46. The fourth-order valence-electron chi connectivity index (χ4n) is 4.76. The van der Waals surface area contributed by atoms with Crippen molar-refractivity contribution in [2.45, 2.75) is 64.7 Å². The van der Waals surface area contributed by atoms with Crippen molar-refractivity contribution < 1.29 is 33.3 Å². The molecule has 10 heteroatoms. The van der Waals surface area contributed by atoms with E-state index in [4.69, 9.17) is 4.74 Å². The third kappa shape index (κ3) is 9.97. The lowest BCUT2D eigenvalue weighted by atomic mass is 9.96. The molecule has 0 aliphatic rings. The van der Waals surface area contributed by atoms with Crippen LogP contribution in [-0.4, -0.2) is 71.5 Å². The number of aryl methyl sites for hydroxylation is 1. The number of halogens is 2. The Kier molecular flexibility index (Phi) is 13.1. The predicted molar refractivity (Wildman–Crippen MR) is 160 cm³/mol. The molecule has 3 rings (SSSR count). The van der Waals surface area contributed by atoms with Gasteiger partial charge in [-0.15, -0.1) is 11.3 Å². The van der Waals surface area contributed by atoms with E-state index in [0.29, 0.717) is 37.2 Å². The Bertz CT molecular complexity index is 1280. The second-order valence-corrected chi connectivity index (χ2v) is 11.4. The first-order valence-electron chi connectivity index (χ1n) is 14.2. The van der Waals surface area contributed by atoms with Gasteiger partial charge in [-0.2, -0.15) is 0 Å². The lowest BCUT2D eigenvalue weighted by molar-refractivity contribution is -0.0501. The summed E-state index contributed by atoms with van der Waals surface area (Å²) < 4.78 is 33.4. The number of nitrogens with one attached hydrogen (secondary N) is 1. The second kappa shape index (κ2) is 16.5. The Morgan fingerprint density at radius 2 is 1.67 bits per heavy atom. The minimum absolute atomic E-state index is 0.160. The van der Waals surface area contributed by atoms with Gasteiger partial charge >= 0.3 is 0 Å². The Hall–Kier alpha value is -3.18. The van der Waals surface area contributed by atoms with Gasteiger partial charge in [0.25, 0.3) is 11.8 Å². The first kappa shape index (κ1) is 33.3. The Labute approximate surface area is 250 Å². The van der Waals surface area contributed by atoms with Crippen molar-refractivity contribution in [2.24, 2.45) is 0 Å². The van der Waals surface area contributed by atoms with Crippen molar-refractivity contribution in [1.82, 2.24) is 10.2 Å². The summed E-state index contributed by atoms with van der Waals surface area (Å²) in [6.07, 6.45) is -0.824. The number of thiophene rings is 1. The van der Waals surface area contributed by atoms with Crippen molar-refractivity contribution in [3.63, 3.8) is 0 Å². The van der Waals surface area contributed by atoms with Crippen LogP contribution < -0.4 is 5.32 Å². The monoisotopic (exact) mass is 602 g/mol. The number of aliphatic hydroxyl groups is 2. The molecule has 0 saturated carbocycles. The molecule has 0 aliphatic carbocycles. The zero-order valence-electron chi connectivity index (χ0n) is 24.3. The number of rotatable bonds is 16. The highest BCUT2D eigenvalue weighted by molar-refractivity contribution is 7.09. The number of aliphatic hydroxyl groups excluding tert-OH is 2. The fourth-order valence-corrected chi connectivity index (χ4v) is 5.46. The van der Waals surface area contributed by atoms with Crippen LogP contribution in [0.3, 0.4) is 0 Å². The van der Waals surface area contributed by atoms with E-state index < -0.39 is 35.8 Å². The topological polar surface area (TPSA) is 99.1 Å². The van der Waals surface area contributed by atoms with Crippen LogP contribution in [0.5, 0.6) is 0 Å². The molecular formula is C32H40F2N2O5S. The predicted octanol–water partition coefficient (Wildman–Crippen LogP) is 4.92. The van der Waals surface area contributed by atoms with Crippen molar-refractivity contribution in [2.75, 3.05) is 26.3 Å². The van der Waals surface area contributed by atoms with Crippen molar-refractivity contribution in [3.8, 4) is 0 Å². The van der Waals surface area contributed by atoms with Gasteiger partial charge < -0.3 is 25.2 Å². The molecule has 1 aromatic heterocycles. The second-order valence-electron chi connectivity index (χ2n) is 10.4. The largest absolute Gasteiger partial charge is 0.388 e. The van der Waals surface area contributed by atoms with Gasteiger partial charge in [-0.1, -0.05) is 19.9 Å². The van der Waals surface area contributed by atoms with Crippen LogP contribution in [0.15, 0.2) is 53.9 Å². The smallest absolute Gasteiger partial charge is 0.253 e. The number of carbonyl (C=O) groups is 2. The zero-order chi connectivity index (χ0) is 30.6. The quantitative estimate of drug-likeness (QED) is 0.202. The van der Waals surface area contributed by atoms with Gasteiger partial charge in [0, 0.05) is 41.6 Å². The molecule has 7 nitrogen and oxygen atoms in total. The minimum atomic E-state index is -1.52. The van der Waals surface area contributed by atoms with Crippen molar-refractivity contribution >= 4 is 23.2 Å². The fraction of sp³-hybridized carbons (Fsp3) is 0.438. The van der Waals surface area contributed by atoms with Crippen LogP contribution in [0, 0.1) is 18.6 Å². The Balaban J connectivity index is 1.78. The molecule has 3 N–H and O–H groups in total. The summed E-state index contributed by atoms with van der Waals surface area (Å²) in [7, 11) is 0. The number of carbonyl (C=O) groups excluding carboxylic acids is 2. The van der Waals surface area contributed by atoms with E-state index in [0.717, 1.165) is 35.9 Å². The molecule has 228 valence electrons. The summed E-state index contributed by atoms with van der Waals surface area (Å²) >= 11 is 1.59. The number of ether oxygens (including phenoxy) is 1. The molecule has 3 aromatic rings. The average molecular weight is 603 g/mol. The molecule has 0 bridgehead atoms. The zero-order valence-corrected chi connectivity index (χ0v) is 25.1. The molecule has 1 heterocycles. The van der Waals surface area contributed by atoms with Crippen LogP contribution in [-0.2, 0) is 17.6 Å². The highest BCUT2D eigenvalue weighted by atomic mass is 32.1. The number of benzene rings is 2. The van der Waals surface area contributed by atoms with Gasteiger partial charge in [-0.05, 0) is 79.1 Å². The van der Waals surface area contributed by atoms with Crippen LogP contribution in [0.1, 0.15) is 63.4 Å². The maximum atomic E-state index is 13.9. The van der Waals surface area contributed by atoms with E-state index in [1.54, 1.807) is 35.3 Å². The molecule has 42 heavy (non-hydrogen) atoms. The lowest BCUT2D eigenvalue weighted by Gasteiger charge is -2.28. The Morgan fingerprint density at radius 1 is 1.00 bits per heavy atom. The van der Waals surface area contributed by atoms with Crippen molar-refractivity contribution in [3.05, 3.63) is 92.7 Å². The molecule has 0 aliphatic heterocycles. The Morgan fingerprint density at radius 3 is 2.29 bits per heavy atom. The molecule has 2 aromatic carbocycles. The standard InChI is InChI=1S/C32H40F2N2O5S/c1-4-9-36(10-5-2)32(40)24-14-21(3)13-23(18-24)31(39)35-28(17-22-15-25(33)19-26(34)16-22)30(38)29(37)20-41-11-8-27-7-6-12-42-27/h6-7,12-16,18-19,28-30,37-38H,4-5,8-11,17,20H2,1-3H3,(H,35,39)/t28-,29-,30+/m0/s1. The number of hydrogen-bond donors (Lipinski definition) is 3. The number of nitrogens with zero attached hydrogens (tertiary/aromatic N) is 1. The summed E-state index contributed by atoms with van der Waals surface area (Å²) in [4.78, 5) is 29.5. The third-order valence-electron chi connectivity index (χ3n) is 6.72. The molecular weight excluding hydrogens is 562 g/mol. The van der Waals surface area contributed by atoms with E-state index in [9.17, 15) is 28.6 Å². The van der Waals surface area contributed by atoms with Crippen LogP contribution >= 0.6 is 11.3 Å². The van der Waals surface area contributed by atoms with E-state index >= 15 is 0 Å². The van der Waals surface area contributed by atoms with Gasteiger partial charge in [0.2, 0.25) is 0 Å². The highest BCUT2D eigenvalue weighted by Crippen LogP contribution is 2.17. The van der Waals surface area contributed by atoms with E-state index in [1.807, 2.05) is 31.4 Å². The van der Waals surface area contributed by atoms with E-state index in [2.05, 4.69) is 5.32 Å². The van der Waals surface area contributed by atoms with Gasteiger partial charge in [-0.3, -0.25) is 9.59 Å².